The van der Waals surface area contributed by atoms with Gasteiger partial charge in [-0.1, -0.05) is 19.8 Å². The molecule has 0 bridgehead atoms. The molecule has 0 unspecified atom stereocenters. The van der Waals surface area contributed by atoms with Gasteiger partial charge in [-0.25, -0.2) is 0 Å². The van der Waals surface area contributed by atoms with E-state index >= 15 is 0 Å². The van der Waals surface area contributed by atoms with Crippen molar-refractivity contribution < 1.29 is 4.79 Å². The molecule has 0 saturated heterocycles. The molecule has 1 fully saturated rings. The van der Waals surface area contributed by atoms with Crippen molar-refractivity contribution in [1.82, 2.24) is 0 Å². The summed E-state index contributed by atoms with van der Waals surface area (Å²) in [6.45, 7) is 3.98. The minimum Gasteiger partial charge on any atom is -0.299 e. The molecule has 1 aliphatic carbocycles. The Hall–Kier alpha value is -0.770. The van der Waals surface area contributed by atoms with Crippen molar-refractivity contribution in [3.8, 4) is 11.8 Å². The van der Waals surface area contributed by atoms with Crippen molar-refractivity contribution in [2.75, 3.05) is 0 Å². The normalized spacial score (nSPS) is 18.7. The van der Waals surface area contributed by atoms with Gasteiger partial charge in [-0.05, 0) is 26.2 Å². The average molecular weight is 192 g/mol. The first kappa shape index (κ1) is 11.3. The molecular formula is C13H20O. The van der Waals surface area contributed by atoms with Gasteiger partial charge in [0.25, 0.3) is 0 Å². The predicted molar refractivity (Wildman–Crippen MR) is 58.9 cm³/mol. The van der Waals surface area contributed by atoms with Crippen molar-refractivity contribution in [2.24, 2.45) is 5.41 Å². The van der Waals surface area contributed by atoms with Crippen molar-refractivity contribution in [1.29, 1.82) is 0 Å². The molecule has 1 nitrogen and oxygen atoms in total. The Morgan fingerprint density at radius 3 is 2.50 bits per heavy atom. The van der Waals surface area contributed by atoms with Crippen LogP contribution in [0.15, 0.2) is 0 Å². The van der Waals surface area contributed by atoms with Crippen LogP contribution in [0, 0.1) is 17.3 Å². The molecule has 14 heavy (non-hydrogen) atoms. The fourth-order valence-electron chi connectivity index (χ4n) is 2.45. The Bertz CT molecular complexity index is 248. The van der Waals surface area contributed by atoms with E-state index in [1.807, 2.05) is 6.92 Å². The lowest BCUT2D eigenvalue weighted by atomic mass is 9.77. The van der Waals surface area contributed by atoms with E-state index in [4.69, 9.17) is 0 Å². The first-order valence-electron chi connectivity index (χ1n) is 5.68. The van der Waals surface area contributed by atoms with Gasteiger partial charge in [0.15, 0.2) is 0 Å². The molecule has 1 saturated carbocycles. The molecule has 1 heteroatoms. The monoisotopic (exact) mass is 192 g/mol. The fourth-order valence-corrected chi connectivity index (χ4v) is 2.45. The van der Waals surface area contributed by atoms with Crippen molar-refractivity contribution >= 4 is 5.78 Å². The molecule has 0 atom stereocenters. The summed E-state index contributed by atoms with van der Waals surface area (Å²) in [5.74, 6) is 6.27. The molecule has 0 amide bonds. The van der Waals surface area contributed by atoms with Gasteiger partial charge in [-0.3, -0.25) is 4.79 Å². The average Bonchev–Trinajstić information content (AvgIpc) is 2.67. The number of carbonyl (C=O) groups excluding carboxylic acids is 1. The summed E-state index contributed by atoms with van der Waals surface area (Å²) in [6.07, 6.45) is 7.12. The molecule has 1 rings (SSSR count). The smallest absolute Gasteiger partial charge is 0.139 e. The number of ketones is 1. The van der Waals surface area contributed by atoms with E-state index in [2.05, 4.69) is 18.8 Å². The van der Waals surface area contributed by atoms with Crippen LogP contribution in [0.2, 0.25) is 0 Å². The molecule has 0 heterocycles. The fraction of sp³-hybridized carbons (Fsp3) is 0.769. The summed E-state index contributed by atoms with van der Waals surface area (Å²) in [5.41, 5.74) is 0.0371. The van der Waals surface area contributed by atoms with Crippen LogP contribution in [0.1, 0.15) is 58.8 Å². The van der Waals surface area contributed by atoms with Crippen molar-refractivity contribution in [3.05, 3.63) is 0 Å². The maximum absolute atomic E-state index is 12.0. The zero-order valence-corrected chi connectivity index (χ0v) is 9.36. The summed E-state index contributed by atoms with van der Waals surface area (Å²) < 4.78 is 0. The van der Waals surface area contributed by atoms with Crippen LogP contribution in [-0.4, -0.2) is 5.78 Å². The number of hydrogen-bond acceptors (Lipinski definition) is 1. The largest absolute Gasteiger partial charge is 0.299 e. The van der Waals surface area contributed by atoms with E-state index in [0.717, 1.165) is 25.7 Å². The SMILES string of the molecule is CC#CCCC(=O)C1(CC)CCCC1. The minimum atomic E-state index is 0.0371. The second-order valence-corrected chi connectivity index (χ2v) is 4.19. The quantitative estimate of drug-likeness (QED) is 0.624. The van der Waals surface area contributed by atoms with Gasteiger partial charge in [-0.15, -0.1) is 11.8 Å². The molecule has 1 aliphatic rings. The Labute approximate surface area is 87.3 Å². The third kappa shape index (κ3) is 2.38. The summed E-state index contributed by atoms with van der Waals surface area (Å²) in [7, 11) is 0. The van der Waals surface area contributed by atoms with Gasteiger partial charge >= 0.3 is 0 Å². The molecule has 0 N–H and O–H groups in total. The van der Waals surface area contributed by atoms with Gasteiger partial charge in [-0.2, -0.15) is 0 Å². The van der Waals surface area contributed by atoms with Gasteiger partial charge in [0.2, 0.25) is 0 Å². The highest BCUT2D eigenvalue weighted by Gasteiger charge is 2.37. The zero-order valence-electron chi connectivity index (χ0n) is 9.36. The Morgan fingerprint density at radius 2 is 2.00 bits per heavy atom. The van der Waals surface area contributed by atoms with Crippen LogP contribution in [0.25, 0.3) is 0 Å². The van der Waals surface area contributed by atoms with Crippen LogP contribution in [0.4, 0.5) is 0 Å². The number of rotatable bonds is 4. The third-order valence-corrected chi connectivity index (χ3v) is 3.48. The van der Waals surface area contributed by atoms with E-state index in [-0.39, 0.29) is 5.41 Å². The molecule has 0 aromatic rings. The van der Waals surface area contributed by atoms with Gasteiger partial charge in [0.05, 0.1) is 0 Å². The Kier molecular flexibility index (Phi) is 4.20. The van der Waals surface area contributed by atoms with Crippen LogP contribution in [-0.2, 0) is 4.79 Å². The van der Waals surface area contributed by atoms with E-state index in [1.165, 1.54) is 12.8 Å². The standard InChI is InChI=1S/C13H20O/c1-3-5-6-9-12(14)13(4-2)10-7-8-11-13/h4,6-11H2,1-2H3. The number of hydrogen-bond donors (Lipinski definition) is 0. The molecule has 0 aliphatic heterocycles. The summed E-state index contributed by atoms with van der Waals surface area (Å²) in [6, 6.07) is 0. The predicted octanol–water partition coefficient (Wildman–Crippen LogP) is 3.33. The highest BCUT2D eigenvalue weighted by Crippen LogP contribution is 2.42. The molecular weight excluding hydrogens is 172 g/mol. The van der Waals surface area contributed by atoms with E-state index in [0.29, 0.717) is 12.2 Å². The van der Waals surface area contributed by atoms with Gasteiger partial charge in [0.1, 0.15) is 5.78 Å². The van der Waals surface area contributed by atoms with Crippen LogP contribution in [0.5, 0.6) is 0 Å². The third-order valence-electron chi connectivity index (χ3n) is 3.48. The highest BCUT2D eigenvalue weighted by molar-refractivity contribution is 5.85. The second kappa shape index (κ2) is 5.20. The van der Waals surface area contributed by atoms with E-state index < -0.39 is 0 Å². The molecule has 0 aromatic heterocycles. The minimum absolute atomic E-state index is 0.0371. The number of Topliss-reactive ketones (excluding diaryl/α,β-unsaturated/α-hetero) is 1. The zero-order chi connectivity index (χ0) is 10.4. The summed E-state index contributed by atoms with van der Waals surface area (Å²) in [4.78, 5) is 12.0. The molecule has 0 aromatic carbocycles. The van der Waals surface area contributed by atoms with Gasteiger partial charge in [0, 0.05) is 18.3 Å². The Morgan fingerprint density at radius 1 is 1.36 bits per heavy atom. The Balaban J connectivity index is 2.50. The summed E-state index contributed by atoms with van der Waals surface area (Å²) >= 11 is 0. The molecule has 78 valence electrons. The maximum Gasteiger partial charge on any atom is 0.139 e. The van der Waals surface area contributed by atoms with Crippen molar-refractivity contribution in [2.45, 2.75) is 58.8 Å². The lowest BCUT2D eigenvalue weighted by molar-refractivity contribution is -0.128. The molecule has 0 spiro atoms. The van der Waals surface area contributed by atoms with Crippen LogP contribution < -0.4 is 0 Å². The molecule has 0 radical (unpaired) electrons. The maximum atomic E-state index is 12.0. The highest BCUT2D eigenvalue weighted by atomic mass is 16.1. The first-order valence-corrected chi connectivity index (χ1v) is 5.68. The first-order chi connectivity index (χ1) is 6.75. The van der Waals surface area contributed by atoms with Crippen LogP contribution in [0.3, 0.4) is 0 Å². The van der Waals surface area contributed by atoms with Crippen molar-refractivity contribution in [3.63, 3.8) is 0 Å². The lowest BCUT2D eigenvalue weighted by Crippen LogP contribution is -2.26. The second-order valence-electron chi connectivity index (χ2n) is 4.19. The van der Waals surface area contributed by atoms with Crippen LogP contribution >= 0.6 is 0 Å². The topological polar surface area (TPSA) is 17.1 Å². The van der Waals surface area contributed by atoms with Gasteiger partial charge < -0.3 is 0 Å². The lowest BCUT2D eigenvalue weighted by Gasteiger charge is -2.25. The van der Waals surface area contributed by atoms with E-state index in [9.17, 15) is 4.79 Å². The number of carbonyl (C=O) groups is 1. The van der Waals surface area contributed by atoms with E-state index in [1.54, 1.807) is 0 Å². The summed E-state index contributed by atoms with van der Waals surface area (Å²) in [5, 5.41) is 0.